The Morgan fingerprint density at radius 3 is 2.70 bits per heavy atom. The number of nitrogens with one attached hydrogen (secondary N) is 1. The van der Waals surface area contributed by atoms with E-state index in [9.17, 15) is 4.79 Å². The molecule has 1 aromatic rings. The minimum atomic E-state index is -0.111. The highest BCUT2D eigenvalue weighted by Crippen LogP contribution is 2.27. The fourth-order valence-electron chi connectivity index (χ4n) is 2.92. The molecule has 0 aliphatic heterocycles. The lowest BCUT2D eigenvalue weighted by Crippen LogP contribution is -2.37. The van der Waals surface area contributed by atoms with Crippen molar-refractivity contribution in [2.45, 2.75) is 51.5 Å². The SMILES string of the molecule is CCCC1CCC(NC(=O)c2cc(N)nc(Cl)c2)CC1. The van der Waals surface area contributed by atoms with Crippen LogP contribution in [-0.4, -0.2) is 16.9 Å². The molecule has 0 bridgehead atoms. The Labute approximate surface area is 125 Å². The maximum absolute atomic E-state index is 12.2. The van der Waals surface area contributed by atoms with Gasteiger partial charge in [-0.25, -0.2) is 4.98 Å². The molecule has 2 rings (SSSR count). The lowest BCUT2D eigenvalue weighted by atomic mass is 9.83. The number of anilines is 1. The predicted molar refractivity (Wildman–Crippen MR) is 81.8 cm³/mol. The van der Waals surface area contributed by atoms with E-state index in [0.29, 0.717) is 5.56 Å². The highest BCUT2D eigenvalue weighted by Gasteiger charge is 2.22. The molecule has 3 N–H and O–H groups in total. The average molecular weight is 296 g/mol. The second-order valence-electron chi connectivity index (χ2n) is 5.58. The van der Waals surface area contributed by atoms with Crippen LogP contribution in [0.1, 0.15) is 55.8 Å². The summed E-state index contributed by atoms with van der Waals surface area (Å²) >= 11 is 5.82. The van der Waals surface area contributed by atoms with Crippen molar-refractivity contribution in [3.63, 3.8) is 0 Å². The van der Waals surface area contributed by atoms with Crippen molar-refractivity contribution in [2.75, 3.05) is 5.73 Å². The van der Waals surface area contributed by atoms with Crippen molar-refractivity contribution in [1.29, 1.82) is 0 Å². The second kappa shape index (κ2) is 6.93. The smallest absolute Gasteiger partial charge is 0.251 e. The van der Waals surface area contributed by atoms with Crippen molar-refractivity contribution < 1.29 is 4.79 Å². The number of rotatable bonds is 4. The van der Waals surface area contributed by atoms with Crippen LogP contribution in [0.5, 0.6) is 0 Å². The van der Waals surface area contributed by atoms with Gasteiger partial charge in [0.2, 0.25) is 0 Å². The van der Waals surface area contributed by atoms with E-state index in [2.05, 4.69) is 17.2 Å². The van der Waals surface area contributed by atoms with Crippen LogP contribution in [0, 0.1) is 5.92 Å². The van der Waals surface area contributed by atoms with E-state index in [4.69, 9.17) is 17.3 Å². The molecule has 1 aromatic heterocycles. The number of nitrogen functional groups attached to an aromatic ring is 1. The Hall–Kier alpha value is -1.29. The van der Waals surface area contributed by atoms with Gasteiger partial charge in [0.15, 0.2) is 0 Å². The van der Waals surface area contributed by atoms with Gasteiger partial charge >= 0.3 is 0 Å². The van der Waals surface area contributed by atoms with Crippen molar-refractivity contribution >= 4 is 23.3 Å². The van der Waals surface area contributed by atoms with Crippen molar-refractivity contribution in [1.82, 2.24) is 10.3 Å². The maximum atomic E-state index is 12.2. The first-order valence-corrected chi connectivity index (χ1v) is 7.70. The summed E-state index contributed by atoms with van der Waals surface area (Å²) in [6, 6.07) is 3.38. The van der Waals surface area contributed by atoms with Crippen molar-refractivity contribution in [3.8, 4) is 0 Å². The maximum Gasteiger partial charge on any atom is 0.251 e. The Kier molecular flexibility index (Phi) is 5.24. The van der Waals surface area contributed by atoms with E-state index in [1.54, 1.807) is 12.1 Å². The summed E-state index contributed by atoms with van der Waals surface area (Å²) in [7, 11) is 0. The molecule has 0 saturated heterocycles. The third kappa shape index (κ3) is 4.10. The molecule has 0 unspecified atom stereocenters. The number of amides is 1. The molecule has 5 heteroatoms. The normalized spacial score (nSPS) is 22.5. The molecule has 0 atom stereocenters. The molecule has 1 fully saturated rings. The topological polar surface area (TPSA) is 68.0 Å². The van der Waals surface area contributed by atoms with Crippen molar-refractivity contribution in [3.05, 3.63) is 22.8 Å². The number of carbonyl (C=O) groups is 1. The van der Waals surface area contributed by atoms with Crippen LogP contribution in [-0.2, 0) is 0 Å². The summed E-state index contributed by atoms with van der Waals surface area (Å²) < 4.78 is 0. The minimum absolute atomic E-state index is 0.111. The zero-order chi connectivity index (χ0) is 14.5. The number of nitrogens with zero attached hydrogens (tertiary/aromatic N) is 1. The van der Waals surface area contributed by atoms with E-state index < -0.39 is 0 Å². The van der Waals surface area contributed by atoms with Crippen LogP contribution in [0.25, 0.3) is 0 Å². The Morgan fingerprint density at radius 1 is 1.40 bits per heavy atom. The first-order chi connectivity index (χ1) is 9.58. The minimum Gasteiger partial charge on any atom is -0.384 e. The van der Waals surface area contributed by atoms with Gasteiger partial charge in [0.1, 0.15) is 11.0 Å². The fraction of sp³-hybridized carbons (Fsp3) is 0.600. The number of carbonyl (C=O) groups excluding carboxylic acids is 1. The van der Waals surface area contributed by atoms with E-state index in [-0.39, 0.29) is 22.9 Å². The zero-order valence-corrected chi connectivity index (χ0v) is 12.6. The highest BCUT2D eigenvalue weighted by atomic mass is 35.5. The van der Waals surface area contributed by atoms with Crippen molar-refractivity contribution in [2.24, 2.45) is 5.92 Å². The van der Waals surface area contributed by atoms with Gasteiger partial charge < -0.3 is 11.1 Å². The summed E-state index contributed by atoms with van der Waals surface area (Å²) in [5.74, 6) is 0.994. The molecule has 0 aromatic carbocycles. The fourth-order valence-corrected chi connectivity index (χ4v) is 3.14. The molecular weight excluding hydrogens is 274 g/mol. The van der Waals surface area contributed by atoms with Gasteiger partial charge in [0.25, 0.3) is 5.91 Å². The van der Waals surface area contributed by atoms with Crippen LogP contribution in [0.3, 0.4) is 0 Å². The summed E-state index contributed by atoms with van der Waals surface area (Å²) in [6.07, 6.45) is 7.08. The second-order valence-corrected chi connectivity index (χ2v) is 5.97. The quantitative estimate of drug-likeness (QED) is 0.837. The first kappa shape index (κ1) is 15.1. The standard InChI is InChI=1S/C15H22ClN3O/c1-2-3-10-4-6-12(7-5-10)18-15(20)11-8-13(16)19-14(17)9-11/h8-10,12H,2-7H2,1H3,(H2,17,19)(H,18,20). The first-order valence-electron chi connectivity index (χ1n) is 7.32. The van der Waals surface area contributed by atoms with Gasteiger partial charge in [-0.05, 0) is 43.7 Å². The molecule has 20 heavy (non-hydrogen) atoms. The van der Waals surface area contributed by atoms with Crippen LogP contribution >= 0.6 is 11.6 Å². The largest absolute Gasteiger partial charge is 0.384 e. The lowest BCUT2D eigenvalue weighted by Gasteiger charge is -2.29. The summed E-state index contributed by atoms with van der Waals surface area (Å²) in [4.78, 5) is 16.0. The third-order valence-electron chi connectivity index (χ3n) is 3.95. The zero-order valence-electron chi connectivity index (χ0n) is 11.9. The highest BCUT2D eigenvalue weighted by molar-refractivity contribution is 6.29. The number of halogens is 1. The summed E-state index contributed by atoms with van der Waals surface area (Å²) in [5, 5.41) is 3.32. The van der Waals surface area contributed by atoms with E-state index >= 15 is 0 Å². The van der Waals surface area contributed by atoms with Crippen LogP contribution in [0.4, 0.5) is 5.82 Å². The van der Waals surface area contributed by atoms with Gasteiger partial charge in [-0.15, -0.1) is 0 Å². The van der Waals surface area contributed by atoms with E-state index in [1.165, 1.54) is 25.7 Å². The van der Waals surface area contributed by atoms with E-state index in [0.717, 1.165) is 18.8 Å². The number of hydrogen-bond acceptors (Lipinski definition) is 3. The molecule has 0 radical (unpaired) electrons. The molecule has 1 aliphatic rings. The monoisotopic (exact) mass is 295 g/mol. The average Bonchev–Trinajstić information content (AvgIpc) is 2.40. The van der Waals surface area contributed by atoms with Gasteiger partial charge in [0.05, 0.1) is 0 Å². The molecule has 0 spiro atoms. The van der Waals surface area contributed by atoms with Gasteiger partial charge in [-0.2, -0.15) is 0 Å². The lowest BCUT2D eigenvalue weighted by molar-refractivity contribution is 0.0921. The number of hydrogen-bond donors (Lipinski definition) is 2. The van der Waals surface area contributed by atoms with Crippen LogP contribution in [0.2, 0.25) is 5.15 Å². The van der Waals surface area contributed by atoms with Crippen LogP contribution in [0.15, 0.2) is 12.1 Å². The molecule has 1 aliphatic carbocycles. The Morgan fingerprint density at radius 2 is 2.10 bits per heavy atom. The molecule has 1 amide bonds. The predicted octanol–water partition coefficient (Wildman–Crippen LogP) is 3.41. The van der Waals surface area contributed by atoms with Gasteiger partial charge in [-0.1, -0.05) is 31.4 Å². The molecular formula is C15H22ClN3O. The number of pyridine rings is 1. The van der Waals surface area contributed by atoms with Gasteiger partial charge in [0, 0.05) is 11.6 Å². The third-order valence-corrected chi connectivity index (χ3v) is 4.15. The van der Waals surface area contributed by atoms with Crippen LogP contribution < -0.4 is 11.1 Å². The Bertz CT molecular complexity index is 450. The molecule has 1 heterocycles. The molecule has 1 saturated carbocycles. The Balaban J connectivity index is 1.89. The summed E-state index contributed by atoms with van der Waals surface area (Å²) in [6.45, 7) is 2.23. The molecule has 4 nitrogen and oxygen atoms in total. The number of nitrogens with two attached hydrogens (primary N) is 1. The summed E-state index contributed by atoms with van der Waals surface area (Å²) in [5.41, 5.74) is 6.09. The molecule has 110 valence electrons. The van der Waals surface area contributed by atoms with Gasteiger partial charge in [-0.3, -0.25) is 4.79 Å². The van der Waals surface area contributed by atoms with E-state index in [1.807, 2.05) is 0 Å². The number of aromatic nitrogens is 1.